The lowest BCUT2D eigenvalue weighted by molar-refractivity contribution is -0.115. The first-order valence-corrected chi connectivity index (χ1v) is 12.9. The number of rotatable bonds is 7. The highest BCUT2D eigenvalue weighted by molar-refractivity contribution is 6.46. The number of amides is 2. The Hall–Kier alpha value is -3.41. The second-order valence-electron chi connectivity index (χ2n) is 10.4. The Morgan fingerprint density at radius 3 is 2.56 bits per heavy atom. The van der Waals surface area contributed by atoms with E-state index in [0.717, 1.165) is 29.0 Å². The van der Waals surface area contributed by atoms with Gasteiger partial charge in [-0.2, -0.15) is 0 Å². The third kappa shape index (κ3) is 5.23. The number of benzene rings is 2. The van der Waals surface area contributed by atoms with E-state index in [1.165, 1.54) is 5.56 Å². The van der Waals surface area contributed by atoms with Gasteiger partial charge in [-0.3, -0.25) is 14.6 Å². The number of nitrogens with two attached hydrogens (primary N) is 1. The predicted octanol–water partition coefficient (Wildman–Crippen LogP) is 5.65. The van der Waals surface area contributed by atoms with Crippen LogP contribution >= 0.6 is 0 Å². The molecule has 2 unspecified atom stereocenters. The zero-order chi connectivity index (χ0) is 26.0. The minimum absolute atomic E-state index is 0.0583. The molecule has 2 aliphatic rings. The van der Waals surface area contributed by atoms with Gasteiger partial charge >= 0.3 is 0 Å². The Morgan fingerprint density at radius 1 is 1.14 bits per heavy atom. The number of primary amides is 1. The highest BCUT2D eigenvalue weighted by atomic mass is 16.5. The van der Waals surface area contributed by atoms with Crippen LogP contribution in [0.2, 0.25) is 0 Å². The number of carbonyl (C=O) groups excluding carboxylic acids is 2. The molecule has 0 radical (unpaired) electrons. The van der Waals surface area contributed by atoms with Crippen LogP contribution in [0.5, 0.6) is 5.75 Å². The van der Waals surface area contributed by atoms with Gasteiger partial charge in [0.25, 0.3) is 11.8 Å². The van der Waals surface area contributed by atoms with Crippen LogP contribution in [0.3, 0.4) is 0 Å². The van der Waals surface area contributed by atoms with Crippen molar-refractivity contribution in [1.29, 1.82) is 0 Å². The fourth-order valence-corrected chi connectivity index (χ4v) is 5.50. The molecule has 190 valence electrons. The van der Waals surface area contributed by atoms with Crippen LogP contribution in [0.25, 0.3) is 0 Å². The van der Waals surface area contributed by atoms with Gasteiger partial charge in [0.15, 0.2) is 0 Å². The lowest BCUT2D eigenvalue weighted by atomic mass is 9.88. The Bertz CT molecular complexity index is 1230. The topological polar surface area (TPSA) is 85.0 Å². The maximum absolute atomic E-state index is 13.7. The Morgan fingerprint density at radius 2 is 1.89 bits per heavy atom. The lowest BCUT2D eigenvalue weighted by Crippen LogP contribution is -2.40. The fraction of sp³-hybridized carbons (Fsp3) is 0.433. The van der Waals surface area contributed by atoms with Crippen LogP contribution in [0.1, 0.15) is 75.1 Å². The van der Waals surface area contributed by atoms with Crippen molar-refractivity contribution in [2.75, 3.05) is 18.6 Å². The summed E-state index contributed by atoms with van der Waals surface area (Å²) >= 11 is 0. The third-order valence-electron chi connectivity index (χ3n) is 7.30. The van der Waals surface area contributed by atoms with Crippen LogP contribution in [0, 0.1) is 12.8 Å². The molecular formula is C30H37N3O3. The van der Waals surface area contributed by atoms with E-state index in [-0.39, 0.29) is 17.7 Å². The molecule has 2 amide bonds. The Balaban J connectivity index is 1.70. The summed E-state index contributed by atoms with van der Waals surface area (Å²) in [6.07, 6.45) is 2.77. The van der Waals surface area contributed by atoms with Crippen molar-refractivity contribution in [3.05, 3.63) is 70.3 Å². The molecule has 0 aliphatic carbocycles. The zero-order valence-corrected chi connectivity index (χ0v) is 22.0. The summed E-state index contributed by atoms with van der Waals surface area (Å²) in [7, 11) is 1.67. The summed E-state index contributed by atoms with van der Waals surface area (Å²) in [5.74, 6) is 1.07. The molecular weight excluding hydrogens is 450 g/mol. The molecule has 2 heterocycles. The minimum atomic E-state index is -0.581. The molecule has 6 heteroatoms. The molecule has 0 saturated carbocycles. The summed E-state index contributed by atoms with van der Waals surface area (Å²) in [6.45, 7) is 9.17. The molecule has 2 atom stereocenters. The predicted molar refractivity (Wildman–Crippen MR) is 145 cm³/mol. The maximum atomic E-state index is 13.7. The van der Waals surface area contributed by atoms with E-state index in [9.17, 15) is 9.59 Å². The van der Waals surface area contributed by atoms with E-state index in [1.807, 2.05) is 42.2 Å². The largest absolute Gasteiger partial charge is 0.497 e. The van der Waals surface area contributed by atoms with Gasteiger partial charge in [0, 0.05) is 17.8 Å². The first-order chi connectivity index (χ1) is 17.2. The molecule has 0 spiro atoms. The highest BCUT2D eigenvalue weighted by Crippen LogP contribution is 2.38. The van der Waals surface area contributed by atoms with Crippen molar-refractivity contribution in [2.24, 2.45) is 16.6 Å². The fourth-order valence-electron chi connectivity index (χ4n) is 5.50. The first-order valence-electron chi connectivity index (χ1n) is 12.9. The summed E-state index contributed by atoms with van der Waals surface area (Å²) in [5, 5.41) is 0. The molecule has 4 rings (SSSR count). The quantitative estimate of drug-likeness (QED) is 0.548. The number of nitrogens with zero attached hydrogens (tertiary/aromatic N) is 2. The summed E-state index contributed by atoms with van der Waals surface area (Å²) in [6, 6.07) is 13.9. The Labute approximate surface area is 214 Å². The summed E-state index contributed by atoms with van der Waals surface area (Å²) in [4.78, 5) is 32.9. The second-order valence-corrected chi connectivity index (χ2v) is 10.4. The van der Waals surface area contributed by atoms with Gasteiger partial charge in [0.05, 0.1) is 13.2 Å². The monoisotopic (exact) mass is 487 g/mol. The van der Waals surface area contributed by atoms with E-state index in [0.29, 0.717) is 48.8 Å². The maximum Gasteiger partial charge on any atom is 0.267 e. The van der Waals surface area contributed by atoms with Crippen molar-refractivity contribution in [3.8, 4) is 5.75 Å². The molecule has 2 N–H and O–H groups in total. The van der Waals surface area contributed by atoms with E-state index in [1.54, 1.807) is 7.11 Å². The highest BCUT2D eigenvalue weighted by Gasteiger charge is 2.35. The van der Waals surface area contributed by atoms with Crippen LogP contribution in [0.4, 0.5) is 5.69 Å². The minimum Gasteiger partial charge on any atom is -0.497 e. The molecule has 2 aromatic rings. The van der Waals surface area contributed by atoms with E-state index >= 15 is 0 Å². The van der Waals surface area contributed by atoms with Crippen molar-refractivity contribution in [1.82, 2.24) is 0 Å². The van der Waals surface area contributed by atoms with E-state index < -0.39 is 5.91 Å². The number of ether oxygens (including phenoxy) is 1. The van der Waals surface area contributed by atoms with Crippen molar-refractivity contribution in [3.63, 3.8) is 0 Å². The average molecular weight is 488 g/mol. The number of methoxy groups -OCH3 is 1. The van der Waals surface area contributed by atoms with Gasteiger partial charge in [0.1, 0.15) is 11.5 Å². The number of para-hydroxylation sites is 1. The van der Waals surface area contributed by atoms with Gasteiger partial charge < -0.3 is 15.4 Å². The van der Waals surface area contributed by atoms with Gasteiger partial charge in [-0.25, -0.2) is 0 Å². The molecule has 2 aliphatic heterocycles. The number of hydrogen-bond acceptors (Lipinski definition) is 4. The van der Waals surface area contributed by atoms with Gasteiger partial charge in [-0.05, 0) is 84.9 Å². The smallest absolute Gasteiger partial charge is 0.267 e. The molecule has 0 aromatic heterocycles. The summed E-state index contributed by atoms with van der Waals surface area (Å²) < 4.78 is 5.62. The number of hydrogen-bond donors (Lipinski definition) is 1. The van der Waals surface area contributed by atoms with Crippen LogP contribution < -0.4 is 15.4 Å². The molecule has 0 saturated heterocycles. The van der Waals surface area contributed by atoms with Crippen molar-refractivity contribution < 1.29 is 14.3 Å². The first kappa shape index (κ1) is 25.7. The third-order valence-corrected chi connectivity index (χ3v) is 7.30. The Kier molecular flexibility index (Phi) is 7.62. The normalized spacial score (nSPS) is 19.1. The molecule has 0 fully saturated rings. The van der Waals surface area contributed by atoms with Crippen molar-refractivity contribution in [2.45, 2.75) is 65.3 Å². The zero-order valence-electron chi connectivity index (χ0n) is 22.0. The molecule has 36 heavy (non-hydrogen) atoms. The number of aliphatic imine (C=N–C) groups is 1. The second kappa shape index (κ2) is 10.7. The van der Waals surface area contributed by atoms with Gasteiger partial charge in [0.2, 0.25) is 0 Å². The van der Waals surface area contributed by atoms with E-state index in [4.69, 9.17) is 15.5 Å². The number of carbonyl (C=O) groups is 2. The van der Waals surface area contributed by atoms with Crippen LogP contribution in [-0.4, -0.2) is 31.2 Å². The number of anilines is 1. The SMILES string of the molecule is COc1cc(C(C)CC(C)C)cc(C2CCC3=C(CCN(c4ccccc4C)C3=O)C(C(N)=O)=N2)c1. The van der Waals surface area contributed by atoms with Crippen molar-refractivity contribution >= 4 is 23.2 Å². The van der Waals surface area contributed by atoms with Gasteiger partial charge in [-0.1, -0.05) is 45.0 Å². The van der Waals surface area contributed by atoms with E-state index in [2.05, 4.69) is 32.9 Å². The average Bonchev–Trinajstić information content (AvgIpc) is 3.05. The molecule has 0 bridgehead atoms. The summed E-state index contributed by atoms with van der Waals surface area (Å²) in [5.41, 5.74) is 11.6. The van der Waals surface area contributed by atoms with Crippen LogP contribution in [-0.2, 0) is 9.59 Å². The lowest BCUT2D eigenvalue weighted by Gasteiger charge is -2.31. The molecule has 6 nitrogen and oxygen atoms in total. The van der Waals surface area contributed by atoms with Gasteiger partial charge in [-0.15, -0.1) is 0 Å². The molecule has 2 aromatic carbocycles. The number of aryl methyl sites for hydroxylation is 1. The standard InChI is InChI=1S/C30H37N3O3/c1-18(2)14-20(4)21-15-22(17-23(16-21)36-5)26-11-10-25-24(28(32-26)29(31)34)12-13-33(30(25)35)27-9-7-6-8-19(27)3/h6-9,15-18,20,26H,10-14H2,1-5H3,(H2,31,34). The van der Waals surface area contributed by atoms with Crippen LogP contribution in [0.15, 0.2) is 58.6 Å².